The minimum absolute atomic E-state index is 0.0339. The minimum atomic E-state index is -0.683. The van der Waals surface area contributed by atoms with Crippen LogP contribution in [-0.2, 0) is 16.1 Å². The Morgan fingerprint density at radius 3 is 2.20 bits per heavy atom. The molecule has 0 aliphatic carbocycles. The van der Waals surface area contributed by atoms with E-state index in [1.165, 1.54) is 4.90 Å². The van der Waals surface area contributed by atoms with Crippen molar-refractivity contribution in [3.63, 3.8) is 0 Å². The van der Waals surface area contributed by atoms with Crippen molar-refractivity contribution in [2.75, 3.05) is 6.61 Å². The zero-order valence-electron chi connectivity index (χ0n) is 18.0. The minimum Gasteiger partial charge on any atom is -0.484 e. The van der Waals surface area contributed by atoms with Gasteiger partial charge in [-0.3, -0.25) is 9.59 Å². The first-order valence-corrected chi connectivity index (χ1v) is 10.6. The van der Waals surface area contributed by atoms with E-state index in [1.807, 2.05) is 45.9 Å². The summed E-state index contributed by atoms with van der Waals surface area (Å²) < 4.78 is 5.73. The molecule has 2 aromatic rings. The Balaban J connectivity index is 2.20. The van der Waals surface area contributed by atoms with E-state index in [-0.39, 0.29) is 31.0 Å². The lowest BCUT2D eigenvalue weighted by Crippen LogP contribution is -2.50. The Bertz CT molecular complexity index is 895. The van der Waals surface area contributed by atoms with Gasteiger partial charge in [0.05, 0.1) is 10.0 Å². The first kappa shape index (κ1) is 24.0. The molecule has 0 aromatic heterocycles. The highest BCUT2D eigenvalue weighted by Gasteiger charge is 2.27. The Kier molecular flexibility index (Phi) is 8.56. The maximum Gasteiger partial charge on any atom is 0.261 e. The predicted octanol–water partition coefficient (Wildman–Crippen LogP) is 4.93. The van der Waals surface area contributed by atoms with E-state index in [0.717, 1.165) is 16.7 Å². The van der Waals surface area contributed by atoms with Crippen molar-refractivity contribution >= 4 is 35.0 Å². The first-order chi connectivity index (χ1) is 14.1. The number of amides is 2. The molecule has 0 unspecified atom stereocenters. The Hall–Kier alpha value is -2.24. The van der Waals surface area contributed by atoms with Crippen molar-refractivity contribution in [1.82, 2.24) is 10.2 Å². The van der Waals surface area contributed by atoms with Gasteiger partial charge >= 0.3 is 0 Å². The first-order valence-electron chi connectivity index (χ1n) is 9.81. The molecule has 0 spiro atoms. The van der Waals surface area contributed by atoms with Crippen LogP contribution in [0.3, 0.4) is 0 Å². The number of rotatable bonds is 8. The van der Waals surface area contributed by atoms with Gasteiger partial charge in [-0.2, -0.15) is 0 Å². The molecule has 0 saturated heterocycles. The van der Waals surface area contributed by atoms with E-state index in [2.05, 4.69) is 5.32 Å². The van der Waals surface area contributed by atoms with Crippen LogP contribution < -0.4 is 10.1 Å². The summed E-state index contributed by atoms with van der Waals surface area (Å²) in [6.45, 7) is 9.41. The van der Waals surface area contributed by atoms with E-state index in [9.17, 15) is 9.59 Å². The van der Waals surface area contributed by atoms with Crippen molar-refractivity contribution in [2.45, 2.75) is 53.2 Å². The Labute approximate surface area is 188 Å². The van der Waals surface area contributed by atoms with Crippen LogP contribution in [0, 0.1) is 13.8 Å². The second-order valence-corrected chi connectivity index (χ2v) is 8.54. The summed E-state index contributed by atoms with van der Waals surface area (Å²) in [6, 6.07) is 10.2. The van der Waals surface area contributed by atoms with E-state index in [0.29, 0.717) is 15.8 Å². The summed E-state index contributed by atoms with van der Waals surface area (Å²) in [6.07, 6.45) is 0. The van der Waals surface area contributed by atoms with E-state index >= 15 is 0 Å². The average molecular weight is 451 g/mol. The third-order valence-corrected chi connectivity index (χ3v) is 5.23. The topological polar surface area (TPSA) is 58.6 Å². The molecule has 2 amide bonds. The SMILES string of the molecule is Cc1cc(C)cc(OCC(=O)N(Cc2ccc(Cl)c(Cl)c2)[C@@H](C)C(=O)NC(C)C)c1. The Morgan fingerprint density at radius 1 is 1.00 bits per heavy atom. The van der Waals surface area contributed by atoms with Gasteiger partial charge in [0.2, 0.25) is 5.91 Å². The average Bonchev–Trinajstić information content (AvgIpc) is 2.65. The smallest absolute Gasteiger partial charge is 0.261 e. The van der Waals surface area contributed by atoms with Crippen LogP contribution in [0.25, 0.3) is 0 Å². The van der Waals surface area contributed by atoms with Gasteiger partial charge in [-0.05, 0) is 75.6 Å². The van der Waals surface area contributed by atoms with Crippen molar-refractivity contribution in [2.24, 2.45) is 0 Å². The summed E-state index contributed by atoms with van der Waals surface area (Å²) in [5.41, 5.74) is 2.87. The summed E-state index contributed by atoms with van der Waals surface area (Å²) in [7, 11) is 0. The molecule has 0 heterocycles. The number of nitrogens with one attached hydrogen (secondary N) is 1. The fourth-order valence-corrected chi connectivity index (χ4v) is 3.39. The van der Waals surface area contributed by atoms with E-state index < -0.39 is 6.04 Å². The lowest BCUT2D eigenvalue weighted by molar-refractivity contribution is -0.142. The predicted molar refractivity (Wildman–Crippen MR) is 121 cm³/mol. The van der Waals surface area contributed by atoms with Gasteiger partial charge in [0.1, 0.15) is 11.8 Å². The largest absolute Gasteiger partial charge is 0.484 e. The molecule has 2 rings (SSSR count). The molecular formula is C23H28Cl2N2O3. The molecule has 0 radical (unpaired) electrons. The molecule has 0 bridgehead atoms. The second-order valence-electron chi connectivity index (χ2n) is 7.72. The van der Waals surface area contributed by atoms with Gasteiger partial charge in [-0.15, -0.1) is 0 Å². The number of carbonyl (C=O) groups excluding carboxylic acids is 2. The fraction of sp³-hybridized carbons (Fsp3) is 0.391. The van der Waals surface area contributed by atoms with Gasteiger partial charge in [0, 0.05) is 12.6 Å². The molecule has 0 aliphatic heterocycles. The monoisotopic (exact) mass is 450 g/mol. The van der Waals surface area contributed by atoms with Crippen LogP contribution in [0.4, 0.5) is 0 Å². The van der Waals surface area contributed by atoms with Crippen LogP contribution in [0.1, 0.15) is 37.5 Å². The number of nitrogens with zero attached hydrogens (tertiary/aromatic N) is 1. The fourth-order valence-electron chi connectivity index (χ4n) is 3.07. The molecule has 0 saturated carbocycles. The van der Waals surface area contributed by atoms with Crippen LogP contribution in [0.5, 0.6) is 5.75 Å². The number of aryl methyl sites for hydroxylation is 2. The van der Waals surface area contributed by atoms with Crippen LogP contribution in [0.15, 0.2) is 36.4 Å². The zero-order valence-corrected chi connectivity index (χ0v) is 19.5. The van der Waals surface area contributed by atoms with Gasteiger partial charge in [-0.1, -0.05) is 35.3 Å². The van der Waals surface area contributed by atoms with Gasteiger partial charge in [0.25, 0.3) is 5.91 Å². The molecule has 2 aromatic carbocycles. The molecule has 0 aliphatic rings. The highest BCUT2D eigenvalue weighted by Crippen LogP contribution is 2.24. The number of carbonyl (C=O) groups is 2. The molecule has 5 nitrogen and oxygen atoms in total. The number of hydrogen-bond donors (Lipinski definition) is 1. The number of halogens is 2. The van der Waals surface area contributed by atoms with Gasteiger partial charge < -0.3 is 15.0 Å². The third kappa shape index (κ3) is 6.92. The lowest BCUT2D eigenvalue weighted by atomic mass is 10.1. The van der Waals surface area contributed by atoms with Crippen LogP contribution >= 0.6 is 23.2 Å². The number of hydrogen-bond acceptors (Lipinski definition) is 3. The summed E-state index contributed by atoms with van der Waals surface area (Å²) in [4.78, 5) is 27.1. The summed E-state index contributed by atoms with van der Waals surface area (Å²) >= 11 is 12.1. The summed E-state index contributed by atoms with van der Waals surface area (Å²) in [5, 5.41) is 3.68. The van der Waals surface area contributed by atoms with Gasteiger partial charge in [0.15, 0.2) is 6.61 Å². The highest BCUT2D eigenvalue weighted by atomic mass is 35.5. The molecular weight excluding hydrogens is 423 g/mol. The van der Waals surface area contributed by atoms with Crippen molar-refractivity contribution in [3.8, 4) is 5.75 Å². The maximum atomic E-state index is 13.0. The molecule has 0 fully saturated rings. The quantitative estimate of drug-likeness (QED) is 0.619. The summed E-state index contributed by atoms with van der Waals surface area (Å²) in [5.74, 6) is 0.0890. The Morgan fingerprint density at radius 2 is 1.63 bits per heavy atom. The van der Waals surface area contributed by atoms with E-state index in [1.54, 1.807) is 25.1 Å². The van der Waals surface area contributed by atoms with Crippen molar-refractivity contribution < 1.29 is 14.3 Å². The standard InChI is InChI=1S/C23H28Cl2N2O3/c1-14(2)26-23(29)17(5)27(12-18-6-7-20(24)21(25)11-18)22(28)13-30-19-9-15(3)8-16(4)10-19/h6-11,14,17H,12-13H2,1-5H3,(H,26,29)/t17-/m0/s1. The van der Waals surface area contributed by atoms with E-state index in [4.69, 9.17) is 27.9 Å². The third-order valence-electron chi connectivity index (χ3n) is 4.49. The number of ether oxygens (including phenoxy) is 1. The molecule has 7 heteroatoms. The lowest BCUT2D eigenvalue weighted by Gasteiger charge is -2.29. The zero-order chi connectivity index (χ0) is 22.4. The normalized spacial score (nSPS) is 11.9. The molecule has 1 N–H and O–H groups in total. The molecule has 30 heavy (non-hydrogen) atoms. The van der Waals surface area contributed by atoms with Gasteiger partial charge in [-0.25, -0.2) is 0 Å². The van der Waals surface area contributed by atoms with Crippen molar-refractivity contribution in [3.05, 3.63) is 63.1 Å². The molecule has 1 atom stereocenters. The highest BCUT2D eigenvalue weighted by molar-refractivity contribution is 6.42. The second kappa shape index (κ2) is 10.7. The van der Waals surface area contributed by atoms with Crippen LogP contribution in [-0.4, -0.2) is 35.4 Å². The maximum absolute atomic E-state index is 13.0. The number of benzene rings is 2. The van der Waals surface area contributed by atoms with Crippen molar-refractivity contribution in [1.29, 1.82) is 0 Å². The molecule has 162 valence electrons. The van der Waals surface area contributed by atoms with Crippen LogP contribution in [0.2, 0.25) is 10.0 Å².